The number of fused-ring (bicyclic) bond motifs is 1. The van der Waals surface area contributed by atoms with Crippen molar-refractivity contribution in [2.45, 2.75) is 33.1 Å². The number of hydrogen-bond acceptors (Lipinski definition) is 2. The number of benzene rings is 1. The van der Waals surface area contributed by atoms with Gasteiger partial charge in [-0.05, 0) is 63.5 Å². The van der Waals surface area contributed by atoms with E-state index in [-0.39, 0.29) is 5.91 Å². The van der Waals surface area contributed by atoms with Crippen LogP contribution in [0.25, 0.3) is 10.9 Å². The highest BCUT2D eigenvalue weighted by Gasteiger charge is 2.13. The molecule has 2 N–H and O–H groups in total. The minimum Gasteiger partial charge on any atom is -0.358 e. The second-order valence-electron chi connectivity index (χ2n) is 5.98. The van der Waals surface area contributed by atoms with Crippen molar-refractivity contribution in [1.29, 1.82) is 0 Å². The molecular formula is C17H23N3O. The molecule has 0 bridgehead atoms. The van der Waals surface area contributed by atoms with Crippen LogP contribution >= 0.6 is 0 Å². The standard InChI is InChI=1S/C17H23N3O/c1-12-13(2)18-16-6-5-14(11-15(12)16)19-17(21)7-10-20-8-3-4-9-20/h5-6,11,18H,3-4,7-10H2,1-2H3,(H,19,21). The number of anilines is 1. The lowest BCUT2D eigenvalue weighted by molar-refractivity contribution is -0.116. The Labute approximate surface area is 125 Å². The van der Waals surface area contributed by atoms with Gasteiger partial charge in [0.2, 0.25) is 5.91 Å². The summed E-state index contributed by atoms with van der Waals surface area (Å²) in [5.41, 5.74) is 4.44. The molecule has 2 aromatic rings. The van der Waals surface area contributed by atoms with Gasteiger partial charge in [-0.15, -0.1) is 0 Å². The van der Waals surface area contributed by atoms with Gasteiger partial charge >= 0.3 is 0 Å². The lowest BCUT2D eigenvalue weighted by Gasteiger charge is -2.14. The summed E-state index contributed by atoms with van der Waals surface area (Å²) < 4.78 is 0. The van der Waals surface area contributed by atoms with Crippen molar-refractivity contribution < 1.29 is 4.79 Å². The molecule has 4 heteroatoms. The van der Waals surface area contributed by atoms with E-state index in [9.17, 15) is 4.79 Å². The quantitative estimate of drug-likeness (QED) is 0.906. The van der Waals surface area contributed by atoms with Crippen molar-refractivity contribution in [3.8, 4) is 0 Å². The Kier molecular flexibility index (Phi) is 3.97. The number of rotatable bonds is 4. The molecule has 112 valence electrons. The second kappa shape index (κ2) is 5.90. The van der Waals surface area contributed by atoms with Crippen LogP contribution in [-0.2, 0) is 4.79 Å². The van der Waals surface area contributed by atoms with Crippen molar-refractivity contribution >= 4 is 22.5 Å². The Morgan fingerprint density at radius 2 is 2.05 bits per heavy atom. The van der Waals surface area contributed by atoms with Crippen LogP contribution in [0, 0.1) is 13.8 Å². The van der Waals surface area contributed by atoms with Gasteiger partial charge in [-0.3, -0.25) is 4.79 Å². The zero-order valence-electron chi connectivity index (χ0n) is 12.8. The number of H-pyrrole nitrogens is 1. The van der Waals surface area contributed by atoms with E-state index in [0.29, 0.717) is 6.42 Å². The second-order valence-corrected chi connectivity index (χ2v) is 5.98. The van der Waals surface area contributed by atoms with E-state index in [1.807, 2.05) is 12.1 Å². The molecule has 0 atom stereocenters. The summed E-state index contributed by atoms with van der Waals surface area (Å²) >= 11 is 0. The number of carbonyl (C=O) groups excluding carboxylic acids is 1. The first-order valence-electron chi connectivity index (χ1n) is 7.74. The highest BCUT2D eigenvalue weighted by atomic mass is 16.1. The van der Waals surface area contributed by atoms with Crippen LogP contribution in [0.4, 0.5) is 5.69 Å². The van der Waals surface area contributed by atoms with Crippen LogP contribution in [0.1, 0.15) is 30.5 Å². The molecule has 0 spiro atoms. The van der Waals surface area contributed by atoms with Gasteiger partial charge in [-0.2, -0.15) is 0 Å². The average Bonchev–Trinajstić information content (AvgIpc) is 3.07. The summed E-state index contributed by atoms with van der Waals surface area (Å²) in [5.74, 6) is 0.103. The van der Waals surface area contributed by atoms with Gasteiger partial charge in [0.1, 0.15) is 0 Å². The molecule has 1 fully saturated rings. The predicted molar refractivity (Wildman–Crippen MR) is 86.7 cm³/mol. The maximum Gasteiger partial charge on any atom is 0.225 e. The summed E-state index contributed by atoms with van der Waals surface area (Å²) in [6, 6.07) is 6.05. The molecule has 0 unspecified atom stereocenters. The maximum atomic E-state index is 12.0. The molecule has 1 saturated heterocycles. The monoisotopic (exact) mass is 285 g/mol. The number of nitrogens with one attached hydrogen (secondary N) is 2. The first-order chi connectivity index (χ1) is 10.1. The molecule has 21 heavy (non-hydrogen) atoms. The van der Waals surface area contributed by atoms with Gasteiger partial charge < -0.3 is 15.2 Å². The SMILES string of the molecule is Cc1[nH]c2ccc(NC(=O)CCN3CCCC3)cc2c1C. The highest BCUT2D eigenvalue weighted by molar-refractivity contribution is 5.95. The van der Waals surface area contributed by atoms with Crippen LogP contribution in [0.5, 0.6) is 0 Å². The third-order valence-corrected chi connectivity index (χ3v) is 4.45. The molecule has 0 aliphatic carbocycles. The van der Waals surface area contributed by atoms with Crippen LogP contribution in [0.2, 0.25) is 0 Å². The predicted octanol–water partition coefficient (Wildman–Crippen LogP) is 3.21. The van der Waals surface area contributed by atoms with Crippen molar-refractivity contribution in [1.82, 2.24) is 9.88 Å². The zero-order valence-corrected chi connectivity index (χ0v) is 12.8. The van der Waals surface area contributed by atoms with Gasteiger partial charge in [0, 0.05) is 35.2 Å². The number of aromatic nitrogens is 1. The molecule has 0 saturated carbocycles. The summed E-state index contributed by atoms with van der Waals surface area (Å²) in [5, 5.41) is 4.20. The van der Waals surface area contributed by atoms with Gasteiger partial charge in [0.25, 0.3) is 0 Å². The average molecular weight is 285 g/mol. The van der Waals surface area contributed by atoms with Gasteiger partial charge in [-0.1, -0.05) is 0 Å². The minimum absolute atomic E-state index is 0.103. The van der Waals surface area contributed by atoms with Gasteiger partial charge in [-0.25, -0.2) is 0 Å². The molecule has 0 radical (unpaired) electrons. The normalized spacial score (nSPS) is 15.7. The summed E-state index contributed by atoms with van der Waals surface area (Å²) in [6.07, 6.45) is 3.11. The van der Waals surface area contributed by atoms with E-state index in [0.717, 1.165) is 30.8 Å². The van der Waals surface area contributed by atoms with Crippen molar-refractivity contribution in [2.75, 3.05) is 25.0 Å². The van der Waals surface area contributed by atoms with Crippen LogP contribution in [0.15, 0.2) is 18.2 Å². The Hall–Kier alpha value is -1.81. The smallest absolute Gasteiger partial charge is 0.225 e. The number of amides is 1. The number of hydrogen-bond donors (Lipinski definition) is 2. The Balaban J connectivity index is 1.63. The fourth-order valence-electron chi connectivity index (χ4n) is 3.03. The molecule has 1 aromatic heterocycles. The molecule has 1 aliphatic heterocycles. The number of nitrogens with zero attached hydrogens (tertiary/aromatic N) is 1. The first kappa shape index (κ1) is 14.1. The fraction of sp³-hybridized carbons (Fsp3) is 0.471. The van der Waals surface area contributed by atoms with E-state index in [4.69, 9.17) is 0 Å². The van der Waals surface area contributed by atoms with Crippen molar-refractivity contribution in [3.63, 3.8) is 0 Å². The Morgan fingerprint density at radius 3 is 2.81 bits per heavy atom. The topological polar surface area (TPSA) is 48.1 Å². The third kappa shape index (κ3) is 3.10. The zero-order chi connectivity index (χ0) is 14.8. The molecule has 1 aromatic carbocycles. The minimum atomic E-state index is 0.103. The van der Waals surface area contributed by atoms with E-state index in [1.165, 1.54) is 29.5 Å². The van der Waals surface area contributed by atoms with Crippen LogP contribution in [0.3, 0.4) is 0 Å². The molecule has 4 nitrogen and oxygen atoms in total. The Morgan fingerprint density at radius 1 is 1.29 bits per heavy atom. The molecular weight excluding hydrogens is 262 g/mol. The molecule has 1 aliphatic rings. The summed E-state index contributed by atoms with van der Waals surface area (Å²) in [7, 11) is 0. The molecule has 1 amide bonds. The van der Waals surface area contributed by atoms with E-state index in [1.54, 1.807) is 0 Å². The van der Waals surface area contributed by atoms with E-state index < -0.39 is 0 Å². The van der Waals surface area contributed by atoms with E-state index >= 15 is 0 Å². The summed E-state index contributed by atoms with van der Waals surface area (Å²) in [6.45, 7) is 7.33. The lowest BCUT2D eigenvalue weighted by Crippen LogP contribution is -2.25. The lowest BCUT2D eigenvalue weighted by atomic mass is 10.1. The van der Waals surface area contributed by atoms with Crippen LogP contribution < -0.4 is 5.32 Å². The number of aromatic amines is 1. The largest absolute Gasteiger partial charge is 0.358 e. The number of aryl methyl sites for hydroxylation is 2. The third-order valence-electron chi connectivity index (χ3n) is 4.45. The molecule has 2 heterocycles. The van der Waals surface area contributed by atoms with E-state index in [2.05, 4.69) is 35.1 Å². The number of carbonyl (C=O) groups is 1. The van der Waals surface area contributed by atoms with Crippen LogP contribution in [-0.4, -0.2) is 35.4 Å². The van der Waals surface area contributed by atoms with Crippen molar-refractivity contribution in [2.24, 2.45) is 0 Å². The van der Waals surface area contributed by atoms with Gasteiger partial charge in [0.15, 0.2) is 0 Å². The number of likely N-dealkylation sites (tertiary alicyclic amines) is 1. The fourth-order valence-corrected chi connectivity index (χ4v) is 3.03. The van der Waals surface area contributed by atoms with Crippen molar-refractivity contribution in [3.05, 3.63) is 29.5 Å². The van der Waals surface area contributed by atoms with Gasteiger partial charge in [0.05, 0.1) is 0 Å². The maximum absolute atomic E-state index is 12.0. The summed E-state index contributed by atoms with van der Waals surface area (Å²) in [4.78, 5) is 17.8. The molecule has 3 rings (SSSR count). The first-order valence-corrected chi connectivity index (χ1v) is 7.74. The Bertz CT molecular complexity index is 653. The highest BCUT2D eigenvalue weighted by Crippen LogP contribution is 2.24.